The molecule has 1 aromatic carbocycles. The van der Waals surface area contributed by atoms with E-state index in [-0.39, 0.29) is 12.1 Å². The molecule has 5 heteroatoms. The Morgan fingerprint density at radius 1 is 1.22 bits per heavy atom. The van der Waals surface area contributed by atoms with E-state index in [4.69, 9.17) is 32.8 Å². The van der Waals surface area contributed by atoms with Crippen LogP contribution in [0, 0.1) is 51.2 Å². The molecule has 0 radical (unpaired) electrons. The van der Waals surface area contributed by atoms with Crippen LogP contribution >= 0.6 is 11.6 Å². The Morgan fingerprint density at radius 2 is 1.89 bits per heavy atom. The third-order valence-electron chi connectivity index (χ3n) is 2.43. The first-order valence-corrected chi connectivity index (χ1v) is 5.51. The first-order valence-electron chi connectivity index (χ1n) is 5.14. The lowest BCUT2D eigenvalue weighted by Crippen LogP contribution is -2.21. The van der Waals surface area contributed by atoms with Gasteiger partial charge in [-0.3, -0.25) is 0 Å². The predicted octanol–water partition coefficient (Wildman–Crippen LogP) is 2.71. The van der Waals surface area contributed by atoms with Gasteiger partial charge in [0.2, 0.25) is 0 Å². The Kier molecular flexibility index (Phi) is 4.88. The van der Waals surface area contributed by atoms with E-state index in [1.807, 2.05) is 6.07 Å². The maximum Gasteiger partial charge on any atom is 0.171 e. The van der Waals surface area contributed by atoms with Crippen molar-refractivity contribution in [3.05, 3.63) is 34.9 Å². The number of hydrogen-bond acceptors (Lipinski definition) is 4. The normalized spacial score (nSPS) is 11.1. The summed E-state index contributed by atoms with van der Waals surface area (Å²) in [5.41, 5.74) is 0.635. The van der Waals surface area contributed by atoms with Gasteiger partial charge >= 0.3 is 0 Å². The highest BCUT2D eigenvalue weighted by atomic mass is 35.5. The van der Waals surface area contributed by atoms with Gasteiger partial charge in [0.1, 0.15) is 0 Å². The summed E-state index contributed by atoms with van der Waals surface area (Å²) in [5.74, 6) is -1.96. The van der Waals surface area contributed by atoms with Gasteiger partial charge in [-0.1, -0.05) is 23.7 Å². The minimum Gasteiger partial charge on any atom is -0.306 e. The largest absolute Gasteiger partial charge is 0.306 e. The maximum atomic E-state index is 9.02. The molecule has 0 aromatic heterocycles. The molecule has 1 atom stereocenters. The molecule has 0 heterocycles. The van der Waals surface area contributed by atoms with Gasteiger partial charge in [-0.2, -0.15) is 15.8 Å². The van der Waals surface area contributed by atoms with Crippen molar-refractivity contribution < 1.29 is 0 Å². The van der Waals surface area contributed by atoms with Gasteiger partial charge in [0, 0.05) is 5.02 Å². The molecule has 0 saturated heterocycles. The monoisotopic (exact) mass is 256 g/mol. The van der Waals surface area contributed by atoms with Crippen LogP contribution < -0.4 is 0 Å². The molecule has 0 saturated carbocycles. The van der Waals surface area contributed by atoms with Gasteiger partial charge < -0.3 is 5.41 Å². The molecule has 0 spiro atoms. The van der Waals surface area contributed by atoms with Crippen molar-refractivity contribution in [2.24, 2.45) is 11.8 Å². The van der Waals surface area contributed by atoms with Crippen LogP contribution in [-0.4, -0.2) is 5.71 Å². The van der Waals surface area contributed by atoms with Crippen LogP contribution in [0.4, 0.5) is 0 Å². The van der Waals surface area contributed by atoms with Gasteiger partial charge in [0.25, 0.3) is 0 Å². The van der Waals surface area contributed by atoms with Crippen LogP contribution in [0.5, 0.6) is 0 Å². The van der Waals surface area contributed by atoms with E-state index in [9.17, 15) is 0 Å². The van der Waals surface area contributed by atoms with Crippen molar-refractivity contribution in [3.63, 3.8) is 0 Å². The van der Waals surface area contributed by atoms with Crippen LogP contribution in [0.15, 0.2) is 24.3 Å². The Labute approximate surface area is 110 Å². The Balaban J connectivity index is 2.88. The Morgan fingerprint density at radius 3 is 2.39 bits per heavy atom. The number of nitrogens with zero attached hydrogens (tertiary/aromatic N) is 3. The minimum absolute atomic E-state index is 0.164. The standard InChI is InChI=1S/C13H9ClN4/c14-12-3-1-2-9(5-12)4-10(6-15)13(18)11(7-16)8-17/h1-3,5,10-11,18H,4H2/t10-/m0/s1. The highest BCUT2D eigenvalue weighted by molar-refractivity contribution is 6.30. The summed E-state index contributed by atoms with van der Waals surface area (Å²) < 4.78 is 0. The molecule has 0 fully saturated rings. The number of nitrogens with one attached hydrogen (secondary N) is 1. The third-order valence-corrected chi connectivity index (χ3v) is 2.66. The molecule has 0 aliphatic heterocycles. The molecule has 88 valence electrons. The third kappa shape index (κ3) is 3.32. The molecular formula is C13H9ClN4. The molecule has 1 N–H and O–H groups in total. The molecule has 0 unspecified atom stereocenters. The molecule has 0 amide bonds. The molecule has 0 aliphatic rings. The second kappa shape index (κ2) is 6.40. The average Bonchev–Trinajstić information content (AvgIpc) is 2.37. The molecule has 0 aliphatic carbocycles. The summed E-state index contributed by atoms with van der Waals surface area (Å²) in [4.78, 5) is 0. The summed E-state index contributed by atoms with van der Waals surface area (Å²) in [6.45, 7) is 0. The SMILES string of the molecule is N#CC(C#N)C(=N)[C@H](C#N)Cc1cccc(Cl)c1. The summed E-state index contributed by atoms with van der Waals surface area (Å²) in [7, 11) is 0. The highest BCUT2D eigenvalue weighted by Gasteiger charge is 2.23. The number of hydrogen-bond donors (Lipinski definition) is 1. The number of rotatable bonds is 4. The van der Waals surface area contributed by atoms with Crippen LogP contribution in [-0.2, 0) is 6.42 Å². The smallest absolute Gasteiger partial charge is 0.171 e. The minimum atomic E-state index is -1.17. The second-order valence-electron chi connectivity index (χ2n) is 3.66. The summed E-state index contributed by atoms with van der Waals surface area (Å²) in [6.07, 6.45) is 0.274. The molecule has 18 heavy (non-hydrogen) atoms. The van der Waals surface area contributed by atoms with E-state index < -0.39 is 11.8 Å². The molecular weight excluding hydrogens is 248 g/mol. The quantitative estimate of drug-likeness (QED) is 0.839. The van der Waals surface area contributed by atoms with Gasteiger partial charge in [-0.15, -0.1) is 0 Å². The zero-order valence-corrected chi connectivity index (χ0v) is 10.1. The second-order valence-corrected chi connectivity index (χ2v) is 4.10. The van der Waals surface area contributed by atoms with Crippen LogP contribution in [0.2, 0.25) is 5.02 Å². The Hall–Kier alpha value is -2.35. The fourth-order valence-electron chi connectivity index (χ4n) is 1.49. The van der Waals surface area contributed by atoms with Crippen LogP contribution in [0.1, 0.15) is 5.56 Å². The van der Waals surface area contributed by atoms with Crippen molar-refractivity contribution in [2.45, 2.75) is 6.42 Å². The molecule has 0 bridgehead atoms. The van der Waals surface area contributed by atoms with E-state index in [1.165, 1.54) is 0 Å². The van der Waals surface area contributed by atoms with Gasteiger partial charge in [-0.25, -0.2) is 0 Å². The van der Waals surface area contributed by atoms with Crippen molar-refractivity contribution >= 4 is 17.3 Å². The number of halogens is 1. The molecule has 4 nitrogen and oxygen atoms in total. The van der Waals surface area contributed by atoms with E-state index >= 15 is 0 Å². The summed E-state index contributed by atoms with van der Waals surface area (Å²) in [5, 5.41) is 34.7. The van der Waals surface area contributed by atoms with Crippen molar-refractivity contribution in [1.82, 2.24) is 0 Å². The zero-order valence-electron chi connectivity index (χ0n) is 9.39. The molecule has 1 rings (SSSR count). The fraction of sp³-hybridized carbons (Fsp3) is 0.231. The fourth-order valence-corrected chi connectivity index (χ4v) is 1.71. The van der Waals surface area contributed by atoms with Gasteiger partial charge in [0.05, 0.1) is 29.8 Å². The van der Waals surface area contributed by atoms with Crippen LogP contribution in [0.3, 0.4) is 0 Å². The lowest BCUT2D eigenvalue weighted by Gasteiger charge is -2.11. The topological polar surface area (TPSA) is 95.2 Å². The maximum absolute atomic E-state index is 9.02. The highest BCUT2D eigenvalue weighted by Crippen LogP contribution is 2.17. The van der Waals surface area contributed by atoms with E-state index in [2.05, 4.69) is 0 Å². The van der Waals surface area contributed by atoms with Gasteiger partial charge in [0.15, 0.2) is 5.92 Å². The first-order chi connectivity index (χ1) is 8.62. The summed E-state index contributed by atoms with van der Waals surface area (Å²) >= 11 is 5.83. The molecule has 1 aromatic rings. The van der Waals surface area contributed by atoms with Crippen LogP contribution in [0.25, 0.3) is 0 Å². The first kappa shape index (κ1) is 13.7. The zero-order chi connectivity index (χ0) is 13.5. The van der Waals surface area contributed by atoms with E-state index in [0.717, 1.165) is 5.56 Å². The van der Waals surface area contributed by atoms with Crippen molar-refractivity contribution in [1.29, 1.82) is 21.2 Å². The average molecular weight is 257 g/mol. The van der Waals surface area contributed by atoms with E-state index in [0.29, 0.717) is 5.02 Å². The predicted molar refractivity (Wildman–Crippen MR) is 66.7 cm³/mol. The van der Waals surface area contributed by atoms with Crippen molar-refractivity contribution in [3.8, 4) is 18.2 Å². The lowest BCUT2D eigenvalue weighted by atomic mass is 9.89. The lowest BCUT2D eigenvalue weighted by molar-refractivity contribution is 0.822. The number of nitriles is 3. The Bertz CT molecular complexity index is 560. The van der Waals surface area contributed by atoms with Gasteiger partial charge in [-0.05, 0) is 24.1 Å². The number of benzene rings is 1. The summed E-state index contributed by atoms with van der Waals surface area (Å²) in [6, 6.07) is 12.3. The van der Waals surface area contributed by atoms with Crippen molar-refractivity contribution in [2.75, 3.05) is 0 Å². The van der Waals surface area contributed by atoms with E-state index in [1.54, 1.807) is 36.4 Å².